The smallest absolute Gasteiger partial charge is 0.267 e. The number of pyridine rings is 1. The van der Waals surface area contributed by atoms with E-state index < -0.39 is 5.91 Å². The van der Waals surface area contributed by atoms with Gasteiger partial charge in [-0.1, -0.05) is 24.3 Å². The minimum absolute atomic E-state index is 0.114. The van der Waals surface area contributed by atoms with Gasteiger partial charge in [0, 0.05) is 37.6 Å². The first kappa shape index (κ1) is 18.3. The van der Waals surface area contributed by atoms with Crippen molar-refractivity contribution in [3.8, 4) is 0 Å². The van der Waals surface area contributed by atoms with Gasteiger partial charge in [0.1, 0.15) is 0 Å². The van der Waals surface area contributed by atoms with Crippen molar-refractivity contribution in [1.82, 2.24) is 15.4 Å². The highest BCUT2D eigenvalue weighted by molar-refractivity contribution is 5.90. The van der Waals surface area contributed by atoms with Crippen LogP contribution in [-0.4, -0.2) is 39.3 Å². The molecule has 0 saturated carbocycles. The number of carbonyl (C=O) groups excluding carboxylic acids is 1. The number of aliphatic hydroxyl groups excluding tert-OH is 1. The van der Waals surface area contributed by atoms with Crippen molar-refractivity contribution in [3.63, 3.8) is 0 Å². The number of benzene rings is 1. The van der Waals surface area contributed by atoms with E-state index in [4.69, 9.17) is 5.21 Å². The summed E-state index contributed by atoms with van der Waals surface area (Å²) in [6.45, 7) is 1.47. The SMILES string of the molecule is O=C(C=Cc1ccc2c(c1)CCC2N(CCO)Cc1cccnc1)NO. The van der Waals surface area contributed by atoms with Crippen LogP contribution >= 0.6 is 0 Å². The molecule has 1 aromatic carbocycles. The molecule has 0 bridgehead atoms. The van der Waals surface area contributed by atoms with E-state index in [1.807, 2.05) is 24.4 Å². The van der Waals surface area contributed by atoms with Crippen molar-refractivity contribution in [2.24, 2.45) is 0 Å². The van der Waals surface area contributed by atoms with E-state index in [-0.39, 0.29) is 12.6 Å². The van der Waals surface area contributed by atoms with Crippen molar-refractivity contribution >= 4 is 12.0 Å². The Hall–Kier alpha value is -2.54. The summed E-state index contributed by atoms with van der Waals surface area (Å²) in [5.74, 6) is -0.547. The number of hydroxylamine groups is 1. The minimum Gasteiger partial charge on any atom is -0.395 e. The summed E-state index contributed by atoms with van der Waals surface area (Å²) in [6, 6.07) is 10.4. The van der Waals surface area contributed by atoms with Gasteiger partial charge < -0.3 is 5.11 Å². The van der Waals surface area contributed by atoms with Gasteiger partial charge in [0.15, 0.2) is 0 Å². The lowest BCUT2D eigenvalue weighted by Crippen LogP contribution is -2.30. The summed E-state index contributed by atoms with van der Waals surface area (Å²) in [6.07, 6.45) is 8.56. The number of hydrogen-bond acceptors (Lipinski definition) is 5. The van der Waals surface area contributed by atoms with E-state index >= 15 is 0 Å². The molecular formula is C20H23N3O3. The maximum absolute atomic E-state index is 11.1. The van der Waals surface area contributed by atoms with Gasteiger partial charge in [0.05, 0.1) is 6.61 Å². The third-order valence-corrected chi connectivity index (χ3v) is 4.69. The van der Waals surface area contributed by atoms with E-state index in [1.54, 1.807) is 17.8 Å². The van der Waals surface area contributed by atoms with Gasteiger partial charge in [-0.05, 0) is 47.2 Å². The molecule has 136 valence electrons. The number of aromatic nitrogens is 1. The van der Waals surface area contributed by atoms with Gasteiger partial charge in [0.25, 0.3) is 5.91 Å². The van der Waals surface area contributed by atoms with Crippen molar-refractivity contribution in [1.29, 1.82) is 0 Å². The summed E-state index contributed by atoms with van der Waals surface area (Å²) in [7, 11) is 0. The molecule has 6 heteroatoms. The normalized spacial score (nSPS) is 16.2. The quantitative estimate of drug-likeness (QED) is 0.403. The van der Waals surface area contributed by atoms with Crippen molar-refractivity contribution in [2.45, 2.75) is 25.4 Å². The molecule has 6 nitrogen and oxygen atoms in total. The Morgan fingerprint density at radius 1 is 1.38 bits per heavy atom. The maximum Gasteiger partial charge on any atom is 0.267 e. The fraction of sp³-hybridized carbons (Fsp3) is 0.300. The summed E-state index contributed by atoms with van der Waals surface area (Å²) in [5.41, 5.74) is 6.17. The van der Waals surface area contributed by atoms with Gasteiger partial charge in [-0.15, -0.1) is 0 Å². The zero-order valence-corrected chi connectivity index (χ0v) is 14.5. The first-order valence-electron chi connectivity index (χ1n) is 8.70. The van der Waals surface area contributed by atoms with E-state index in [9.17, 15) is 9.90 Å². The fourth-order valence-corrected chi connectivity index (χ4v) is 3.51. The van der Waals surface area contributed by atoms with Crippen LogP contribution in [0.15, 0.2) is 48.8 Å². The monoisotopic (exact) mass is 353 g/mol. The predicted molar refractivity (Wildman–Crippen MR) is 98.2 cm³/mol. The van der Waals surface area contributed by atoms with E-state index in [0.717, 1.165) is 30.5 Å². The lowest BCUT2D eigenvalue weighted by Gasteiger charge is -2.29. The van der Waals surface area contributed by atoms with Crippen LogP contribution < -0.4 is 5.48 Å². The fourth-order valence-electron chi connectivity index (χ4n) is 3.51. The second kappa shape index (κ2) is 8.71. The zero-order chi connectivity index (χ0) is 18.4. The van der Waals surface area contributed by atoms with Crippen LogP contribution in [0, 0.1) is 0 Å². The molecule has 0 radical (unpaired) electrons. The Bertz CT molecular complexity index is 777. The van der Waals surface area contributed by atoms with Gasteiger partial charge in [-0.2, -0.15) is 0 Å². The van der Waals surface area contributed by atoms with Gasteiger partial charge in [0.2, 0.25) is 0 Å². The van der Waals surface area contributed by atoms with Gasteiger partial charge in [-0.3, -0.25) is 19.9 Å². The summed E-state index contributed by atoms with van der Waals surface area (Å²) in [5, 5.41) is 18.0. The maximum atomic E-state index is 11.1. The molecule has 26 heavy (non-hydrogen) atoms. The highest BCUT2D eigenvalue weighted by atomic mass is 16.5. The molecule has 1 atom stereocenters. The molecule has 3 N–H and O–H groups in total. The third kappa shape index (κ3) is 4.35. The van der Waals surface area contributed by atoms with Crippen LogP contribution in [0.25, 0.3) is 6.08 Å². The highest BCUT2D eigenvalue weighted by Crippen LogP contribution is 2.37. The lowest BCUT2D eigenvalue weighted by atomic mass is 10.0. The Balaban J connectivity index is 1.78. The molecule has 1 aliphatic rings. The molecule has 0 fully saturated rings. The lowest BCUT2D eigenvalue weighted by molar-refractivity contribution is -0.124. The molecular weight excluding hydrogens is 330 g/mol. The number of nitrogens with zero attached hydrogens (tertiary/aromatic N) is 2. The first-order valence-corrected chi connectivity index (χ1v) is 8.70. The molecule has 0 aliphatic heterocycles. The predicted octanol–water partition coefficient (Wildman–Crippen LogP) is 2.08. The standard InChI is InChI=1S/C20H23N3O3/c24-11-10-23(14-16-2-1-9-21-13-16)19-7-5-17-12-15(3-6-18(17)19)4-8-20(25)22-26/h1-4,6,8-9,12-13,19,24,26H,5,7,10-11,14H2,(H,22,25). The second-order valence-electron chi connectivity index (χ2n) is 6.38. The molecule has 0 spiro atoms. The third-order valence-electron chi connectivity index (χ3n) is 4.69. The number of amides is 1. The van der Waals surface area contributed by atoms with Crippen LogP contribution in [0.2, 0.25) is 0 Å². The zero-order valence-electron chi connectivity index (χ0n) is 14.5. The number of rotatable bonds is 7. The summed E-state index contributed by atoms with van der Waals surface area (Å²) < 4.78 is 0. The largest absolute Gasteiger partial charge is 0.395 e. The number of aryl methyl sites for hydroxylation is 1. The number of fused-ring (bicyclic) bond motifs is 1. The minimum atomic E-state index is -0.547. The van der Waals surface area contributed by atoms with Crippen LogP contribution in [0.3, 0.4) is 0 Å². The summed E-state index contributed by atoms with van der Waals surface area (Å²) in [4.78, 5) is 17.6. The van der Waals surface area contributed by atoms with Crippen LogP contribution in [-0.2, 0) is 17.8 Å². The Morgan fingerprint density at radius 3 is 3.00 bits per heavy atom. The topological polar surface area (TPSA) is 85.7 Å². The van der Waals surface area contributed by atoms with Crippen molar-refractivity contribution in [2.75, 3.05) is 13.2 Å². The van der Waals surface area contributed by atoms with Crippen LogP contribution in [0.5, 0.6) is 0 Å². The number of carbonyl (C=O) groups is 1. The average molecular weight is 353 g/mol. The molecule has 1 amide bonds. The van der Waals surface area contributed by atoms with Crippen LogP contribution in [0.1, 0.15) is 34.7 Å². The summed E-state index contributed by atoms with van der Waals surface area (Å²) >= 11 is 0. The number of aliphatic hydroxyl groups is 1. The van der Waals surface area contributed by atoms with E-state index in [1.165, 1.54) is 17.2 Å². The molecule has 1 heterocycles. The van der Waals surface area contributed by atoms with E-state index in [0.29, 0.717) is 6.54 Å². The Labute approximate surface area is 152 Å². The van der Waals surface area contributed by atoms with Crippen molar-refractivity contribution in [3.05, 3.63) is 71.1 Å². The Kier molecular flexibility index (Phi) is 6.12. The van der Waals surface area contributed by atoms with Gasteiger partial charge in [-0.25, -0.2) is 5.48 Å². The van der Waals surface area contributed by atoms with Gasteiger partial charge >= 0.3 is 0 Å². The molecule has 3 rings (SSSR count). The number of hydrogen-bond donors (Lipinski definition) is 3. The van der Waals surface area contributed by atoms with Crippen molar-refractivity contribution < 1.29 is 15.1 Å². The average Bonchev–Trinajstić information content (AvgIpc) is 3.09. The van der Waals surface area contributed by atoms with E-state index in [2.05, 4.69) is 22.0 Å². The molecule has 1 aliphatic carbocycles. The highest BCUT2D eigenvalue weighted by Gasteiger charge is 2.27. The van der Waals surface area contributed by atoms with Crippen LogP contribution in [0.4, 0.5) is 0 Å². The first-order chi connectivity index (χ1) is 12.7. The molecule has 1 unspecified atom stereocenters. The molecule has 0 saturated heterocycles. The molecule has 2 aromatic rings. The number of nitrogens with one attached hydrogen (secondary N) is 1. The Morgan fingerprint density at radius 2 is 2.27 bits per heavy atom. The molecule has 1 aromatic heterocycles. The second-order valence-corrected chi connectivity index (χ2v) is 6.38.